The minimum absolute atomic E-state index is 0.108. The third-order valence-corrected chi connectivity index (χ3v) is 4.31. The van der Waals surface area contributed by atoms with E-state index in [9.17, 15) is 32.9 Å². The Morgan fingerprint density at radius 3 is 2.41 bits per heavy atom. The molecule has 0 aliphatic carbocycles. The second-order valence-electron chi connectivity index (χ2n) is 5.65. The predicted molar refractivity (Wildman–Crippen MR) is 101 cm³/mol. The second-order valence-corrected chi connectivity index (χ2v) is 6.50. The number of hydrogen-bond donors (Lipinski definition) is 3. The summed E-state index contributed by atoms with van der Waals surface area (Å²) in [5, 5.41) is 13.5. The fraction of sp³-hybridized carbons (Fsp3) is 0.176. The zero-order valence-corrected chi connectivity index (χ0v) is 16.1. The summed E-state index contributed by atoms with van der Waals surface area (Å²) in [6.07, 6.45) is -4.91. The Labute approximate surface area is 170 Å². The fourth-order valence-corrected chi connectivity index (χ4v) is 2.69. The van der Waals surface area contributed by atoms with Gasteiger partial charge < -0.3 is 5.32 Å². The second kappa shape index (κ2) is 9.37. The predicted octanol–water partition coefficient (Wildman–Crippen LogP) is 3.64. The van der Waals surface area contributed by atoms with Crippen LogP contribution in [0.25, 0.3) is 0 Å². The Morgan fingerprint density at radius 2 is 1.79 bits per heavy atom. The van der Waals surface area contributed by atoms with Gasteiger partial charge in [-0.3, -0.25) is 30.6 Å². The number of anilines is 1. The Hall–Kier alpha value is -3.15. The van der Waals surface area contributed by atoms with Crippen LogP contribution in [0.5, 0.6) is 0 Å². The molecule has 29 heavy (non-hydrogen) atoms. The number of carbonyl (C=O) groups is 2. The number of nitro groups is 1. The van der Waals surface area contributed by atoms with Gasteiger partial charge in [-0.2, -0.15) is 13.2 Å². The van der Waals surface area contributed by atoms with Crippen LogP contribution >= 0.6 is 15.9 Å². The van der Waals surface area contributed by atoms with E-state index >= 15 is 0 Å². The summed E-state index contributed by atoms with van der Waals surface area (Å²) in [6, 6.07) is 8.59. The molecule has 3 N–H and O–H groups in total. The van der Waals surface area contributed by atoms with Crippen molar-refractivity contribution in [2.45, 2.75) is 12.6 Å². The molecule has 2 rings (SSSR count). The van der Waals surface area contributed by atoms with Crippen molar-refractivity contribution in [2.24, 2.45) is 0 Å². The number of rotatable bonds is 6. The fourth-order valence-electron chi connectivity index (χ4n) is 2.22. The summed E-state index contributed by atoms with van der Waals surface area (Å²) >= 11 is 3.20. The topological polar surface area (TPSA) is 113 Å². The van der Waals surface area contributed by atoms with E-state index < -0.39 is 34.2 Å². The van der Waals surface area contributed by atoms with Crippen LogP contribution in [-0.4, -0.2) is 23.3 Å². The summed E-state index contributed by atoms with van der Waals surface area (Å²) in [7, 11) is 0. The summed E-state index contributed by atoms with van der Waals surface area (Å²) in [6.45, 7) is -0.108. The molecule has 2 amide bonds. The minimum Gasteiger partial charge on any atom is -0.379 e. The molecule has 154 valence electrons. The van der Waals surface area contributed by atoms with E-state index in [1.807, 2.05) is 0 Å². The SMILES string of the molecule is O=C(CCNc1ccc(C(F)(F)F)cc1[N+](=O)[O-])NNC(=O)c1ccccc1Br. The number of nitrogens with one attached hydrogen (secondary N) is 3. The van der Waals surface area contributed by atoms with Gasteiger partial charge in [0, 0.05) is 23.5 Å². The lowest BCUT2D eigenvalue weighted by Gasteiger charge is -2.11. The molecule has 0 bridgehead atoms. The molecule has 0 unspecified atom stereocenters. The minimum atomic E-state index is -4.71. The highest BCUT2D eigenvalue weighted by Gasteiger charge is 2.33. The van der Waals surface area contributed by atoms with Gasteiger partial charge in [-0.1, -0.05) is 12.1 Å². The Balaban J connectivity index is 1.89. The molecule has 0 saturated carbocycles. The number of nitro benzene ring substituents is 1. The summed E-state index contributed by atoms with van der Waals surface area (Å²) in [5.41, 5.74) is 2.62. The standard InChI is InChI=1S/C17H14BrF3N4O4/c18-12-4-2-1-3-11(12)16(27)24-23-15(26)7-8-22-13-6-5-10(17(19,20)21)9-14(13)25(28)29/h1-6,9,22H,7-8H2,(H,23,26)(H,24,27). The average molecular weight is 475 g/mol. The molecule has 0 aliphatic rings. The molecule has 0 aromatic heterocycles. The van der Waals surface area contributed by atoms with Gasteiger partial charge in [0.1, 0.15) is 5.69 Å². The maximum absolute atomic E-state index is 12.7. The smallest absolute Gasteiger partial charge is 0.379 e. The monoisotopic (exact) mass is 474 g/mol. The number of hydrogen-bond acceptors (Lipinski definition) is 5. The van der Waals surface area contributed by atoms with Gasteiger partial charge in [-0.25, -0.2) is 0 Å². The quantitative estimate of drug-likeness (QED) is 0.436. The normalized spacial score (nSPS) is 10.9. The first-order valence-corrected chi connectivity index (χ1v) is 8.82. The number of amides is 2. The van der Waals surface area contributed by atoms with Crippen molar-refractivity contribution < 1.29 is 27.7 Å². The van der Waals surface area contributed by atoms with E-state index in [1.54, 1.807) is 18.2 Å². The van der Waals surface area contributed by atoms with Crippen LogP contribution in [-0.2, 0) is 11.0 Å². The van der Waals surface area contributed by atoms with E-state index in [1.165, 1.54) is 6.07 Å². The van der Waals surface area contributed by atoms with E-state index in [4.69, 9.17) is 0 Å². The van der Waals surface area contributed by atoms with Crippen molar-refractivity contribution >= 4 is 39.1 Å². The first-order chi connectivity index (χ1) is 13.6. The van der Waals surface area contributed by atoms with Crippen LogP contribution in [0.3, 0.4) is 0 Å². The van der Waals surface area contributed by atoms with Crippen molar-refractivity contribution in [2.75, 3.05) is 11.9 Å². The van der Waals surface area contributed by atoms with Crippen molar-refractivity contribution in [1.82, 2.24) is 10.9 Å². The Kier molecular flexibility index (Phi) is 7.15. The van der Waals surface area contributed by atoms with Gasteiger partial charge in [-0.05, 0) is 40.2 Å². The maximum Gasteiger partial charge on any atom is 0.416 e. The van der Waals surface area contributed by atoms with Crippen LogP contribution in [0.15, 0.2) is 46.9 Å². The van der Waals surface area contributed by atoms with Gasteiger partial charge in [0.25, 0.3) is 11.6 Å². The van der Waals surface area contributed by atoms with Crippen LogP contribution < -0.4 is 16.2 Å². The molecular weight excluding hydrogens is 461 g/mol. The largest absolute Gasteiger partial charge is 0.416 e. The van der Waals surface area contributed by atoms with Crippen LogP contribution in [0.2, 0.25) is 0 Å². The lowest BCUT2D eigenvalue weighted by molar-refractivity contribution is -0.384. The number of hydrazine groups is 1. The zero-order chi connectivity index (χ0) is 21.6. The highest BCUT2D eigenvalue weighted by molar-refractivity contribution is 9.10. The molecular formula is C17H14BrF3N4O4. The van der Waals surface area contributed by atoms with Gasteiger partial charge in [0.15, 0.2) is 0 Å². The molecule has 0 radical (unpaired) electrons. The van der Waals surface area contributed by atoms with Crippen LogP contribution in [0.4, 0.5) is 24.5 Å². The third kappa shape index (κ3) is 6.17. The highest BCUT2D eigenvalue weighted by atomic mass is 79.9. The lowest BCUT2D eigenvalue weighted by Crippen LogP contribution is -2.42. The van der Waals surface area contributed by atoms with Gasteiger partial charge >= 0.3 is 6.18 Å². The Bertz CT molecular complexity index is 937. The molecule has 0 atom stereocenters. The lowest BCUT2D eigenvalue weighted by atomic mass is 10.1. The zero-order valence-electron chi connectivity index (χ0n) is 14.5. The van der Waals surface area contributed by atoms with E-state index in [0.717, 1.165) is 6.07 Å². The molecule has 0 fully saturated rings. The number of halogens is 4. The third-order valence-electron chi connectivity index (χ3n) is 3.62. The first kappa shape index (κ1) is 22.1. The van der Waals surface area contributed by atoms with Crippen molar-refractivity contribution in [3.05, 3.63) is 68.2 Å². The molecule has 0 saturated heterocycles. The van der Waals surface area contributed by atoms with Crippen LogP contribution in [0, 0.1) is 10.1 Å². The Morgan fingerprint density at radius 1 is 1.10 bits per heavy atom. The van der Waals surface area contributed by atoms with Gasteiger partial charge in [0.2, 0.25) is 5.91 Å². The number of nitrogens with zero attached hydrogens (tertiary/aromatic N) is 1. The van der Waals surface area contributed by atoms with Crippen molar-refractivity contribution in [3.63, 3.8) is 0 Å². The molecule has 0 spiro atoms. The molecule has 0 heterocycles. The highest BCUT2D eigenvalue weighted by Crippen LogP contribution is 2.34. The van der Waals surface area contributed by atoms with Crippen LogP contribution in [0.1, 0.15) is 22.3 Å². The summed E-state index contributed by atoms with van der Waals surface area (Å²) < 4.78 is 38.6. The van der Waals surface area contributed by atoms with E-state index in [2.05, 4.69) is 32.1 Å². The molecule has 8 nitrogen and oxygen atoms in total. The number of carbonyl (C=O) groups excluding carboxylic acids is 2. The number of alkyl halides is 3. The summed E-state index contributed by atoms with van der Waals surface area (Å²) in [5.74, 6) is -1.16. The average Bonchev–Trinajstić information content (AvgIpc) is 2.65. The molecule has 0 aliphatic heterocycles. The summed E-state index contributed by atoms with van der Waals surface area (Å²) in [4.78, 5) is 33.8. The van der Waals surface area contributed by atoms with Crippen molar-refractivity contribution in [3.8, 4) is 0 Å². The molecule has 2 aromatic rings. The molecule has 12 heteroatoms. The van der Waals surface area contributed by atoms with Crippen molar-refractivity contribution in [1.29, 1.82) is 0 Å². The van der Waals surface area contributed by atoms with Gasteiger partial charge in [-0.15, -0.1) is 0 Å². The maximum atomic E-state index is 12.7. The van der Waals surface area contributed by atoms with E-state index in [-0.39, 0.29) is 18.7 Å². The first-order valence-electron chi connectivity index (χ1n) is 8.03. The van der Waals surface area contributed by atoms with E-state index in [0.29, 0.717) is 22.2 Å². The molecule has 2 aromatic carbocycles. The number of benzene rings is 2. The van der Waals surface area contributed by atoms with Gasteiger partial charge in [0.05, 0.1) is 16.1 Å².